The number of hydrogen-bond acceptors (Lipinski definition) is 6. The van der Waals surface area contributed by atoms with Gasteiger partial charge in [-0.05, 0) is 50.6 Å². The van der Waals surface area contributed by atoms with Crippen LogP contribution in [-0.4, -0.2) is 59.1 Å². The third kappa shape index (κ3) is 3.95. The quantitative estimate of drug-likeness (QED) is 0.540. The van der Waals surface area contributed by atoms with Crippen LogP contribution < -0.4 is 21.3 Å². The molecule has 0 saturated carbocycles. The van der Waals surface area contributed by atoms with Gasteiger partial charge in [0.1, 0.15) is 17.1 Å². The Labute approximate surface area is 189 Å². The number of hydrogen-bond donors (Lipinski definition) is 4. The molecule has 0 spiro atoms. The van der Waals surface area contributed by atoms with Crippen molar-refractivity contribution in [3.05, 3.63) is 47.5 Å². The number of pyridine rings is 1. The van der Waals surface area contributed by atoms with Crippen LogP contribution in [0.15, 0.2) is 30.5 Å². The van der Waals surface area contributed by atoms with E-state index in [4.69, 9.17) is 10.8 Å². The number of aromatic nitrogens is 1. The maximum atomic E-state index is 14.4. The van der Waals surface area contributed by atoms with Crippen molar-refractivity contribution in [2.45, 2.75) is 31.3 Å². The molecule has 2 atom stereocenters. The first-order valence-electron chi connectivity index (χ1n) is 10.5. The molecule has 0 bridgehead atoms. The Morgan fingerprint density at radius 2 is 2.15 bits per heavy atom. The number of carboxylic acid groups (broad SMARTS) is 1. The zero-order valence-corrected chi connectivity index (χ0v) is 18.3. The van der Waals surface area contributed by atoms with E-state index in [1.54, 1.807) is 25.3 Å². The van der Waals surface area contributed by atoms with Gasteiger partial charge in [-0.1, -0.05) is 0 Å². The Morgan fingerprint density at radius 3 is 2.79 bits per heavy atom. The number of piperidine rings is 1. The van der Waals surface area contributed by atoms with Gasteiger partial charge < -0.3 is 21.1 Å². The molecule has 10 nitrogen and oxygen atoms in total. The summed E-state index contributed by atoms with van der Waals surface area (Å²) in [5.41, 5.74) is 5.74. The number of nitrogens with zero attached hydrogens (tertiary/aromatic N) is 3. The first-order chi connectivity index (χ1) is 15.6. The minimum absolute atomic E-state index is 0.000803. The SMILES string of the molecule is CN(c1ccc(C(N)=O)nc1)[C@@H]1CCCN(C2(C)C(=O)Nc3c(NC(=O)O)cc(F)cc32)C1. The Balaban J connectivity index is 1.62. The van der Waals surface area contributed by atoms with Gasteiger partial charge in [0, 0.05) is 25.2 Å². The standard InChI is InChI=1S/C22H25FN6O4/c1-22(15-8-12(23)9-17(26-21(32)33)18(15)27-20(22)31)29-7-3-4-14(11-29)28(2)13-5-6-16(19(24)30)25-10-13/h5-6,8-10,14,26H,3-4,7,11H2,1-2H3,(H2,24,30)(H,27,31)(H,32,33)/t14-,22?/m1/s1. The molecule has 11 heteroatoms. The van der Waals surface area contributed by atoms with Crippen LogP contribution in [0.5, 0.6) is 0 Å². The lowest BCUT2D eigenvalue weighted by Crippen LogP contribution is -2.56. The number of carbonyl (C=O) groups is 3. The molecule has 1 saturated heterocycles. The van der Waals surface area contributed by atoms with Crippen LogP contribution in [-0.2, 0) is 10.3 Å². The molecule has 1 fully saturated rings. The smallest absolute Gasteiger partial charge is 0.409 e. The highest BCUT2D eigenvalue weighted by molar-refractivity contribution is 6.09. The van der Waals surface area contributed by atoms with Crippen molar-refractivity contribution >= 4 is 35.0 Å². The maximum absolute atomic E-state index is 14.4. The Morgan fingerprint density at radius 1 is 1.39 bits per heavy atom. The summed E-state index contributed by atoms with van der Waals surface area (Å²) >= 11 is 0. The third-order valence-electron chi connectivity index (χ3n) is 6.53. The number of fused-ring (bicyclic) bond motifs is 1. The van der Waals surface area contributed by atoms with Crippen molar-refractivity contribution in [3.63, 3.8) is 0 Å². The van der Waals surface area contributed by atoms with Crippen molar-refractivity contribution < 1.29 is 23.9 Å². The molecule has 2 aliphatic rings. The fourth-order valence-corrected chi connectivity index (χ4v) is 4.64. The molecule has 4 rings (SSSR count). The summed E-state index contributed by atoms with van der Waals surface area (Å²) in [4.78, 5) is 43.7. The molecule has 0 aliphatic carbocycles. The lowest BCUT2D eigenvalue weighted by molar-refractivity contribution is -0.127. The summed E-state index contributed by atoms with van der Waals surface area (Å²) in [5, 5.41) is 14.0. The summed E-state index contributed by atoms with van der Waals surface area (Å²) < 4.78 is 14.4. The monoisotopic (exact) mass is 456 g/mol. The summed E-state index contributed by atoms with van der Waals surface area (Å²) in [6.45, 7) is 2.85. The topological polar surface area (TPSA) is 141 Å². The Kier molecular flexibility index (Phi) is 5.66. The number of likely N-dealkylation sites (tertiary alicyclic amines) is 1. The molecular formula is C22H25FN6O4. The van der Waals surface area contributed by atoms with Crippen molar-refractivity contribution in [1.82, 2.24) is 9.88 Å². The molecule has 1 aromatic heterocycles. The number of nitrogens with two attached hydrogens (primary N) is 1. The van der Waals surface area contributed by atoms with Gasteiger partial charge in [-0.3, -0.25) is 19.8 Å². The van der Waals surface area contributed by atoms with Crippen LogP contribution in [0.3, 0.4) is 0 Å². The highest BCUT2D eigenvalue weighted by Crippen LogP contribution is 2.45. The van der Waals surface area contributed by atoms with Gasteiger partial charge in [-0.15, -0.1) is 0 Å². The molecule has 3 amide bonds. The summed E-state index contributed by atoms with van der Waals surface area (Å²) in [5.74, 6) is -1.57. The number of halogens is 1. The number of primary amides is 1. The van der Waals surface area contributed by atoms with Gasteiger partial charge in [-0.25, -0.2) is 14.2 Å². The van der Waals surface area contributed by atoms with Crippen LogP contribution >= 0.6 is 0 Å². The van der Waals surface area contributed by atoms with Gasteiger partial charge in [0.15, 0.2) is 0 Å². The molecule has 1 aromatic carbocycles. The van der Waals surface area contributed by atoms with Crippen LogP contribution in [0, 0.1) is 5.82 Å². The molecule has 5 N–H and O–H groups in total. The second-order valence-electron chi connectivity index (χ2n) is 8.45. The Bertz CT molecular complexity index is 1120. The molecule has 174 valence electrons. The van der Waals surface area contributed by atoms with Gasteiger partial charge in [0.2, 0.25) is 5.91 Å². The van der Waals surface area contributed by atoms with Gasteiger partial charge in [-0.2, -0.15) is 0 Å². The summed E-state index contributed by atoms with van der Waals surface area (Å²) in [6, 6.07) is 5.69. The van der Waals surface area contributed by atoms with Crippen molar-refractivity contribution in [1.29, 1.82) is 0 Å². The van der Waals surface area contributed by atoms with E-state index in [-0.39, 0.29) is 29.0 Å². The van der Waals surface area contributed by atoms with E-state index in [9.17, 15) is 18.8 Å². The fraction of sp³-hybridized carbons (Fsp3) is 0.364. The molecule has 2 aliphatic heterocycles. The number of likely N-dealkylation sites (N-methyl/N-ethyl adjacent to an activating group) is 1. The zero-order chi connectivity index (χ0) is 23.9. The number of anilines is 3. The zero-order valence-electron chi connectivity index (χ0n) is 18.3. The number of nitrogens with one attached hydrogen (secondary N) is 2. The van der Waals surface area contributed by atoms with Crippen LogP contribution in [0.4, 0.5) is 26.2 Å². The van der Waals surface area contributed by atoms with E-state index < -0.39 is 23.4 Å². The first-order valence-corrected chi connectivity index (χ1v) is 10.5. The van der Waals surface area contributed by atoms with Crippen LogP contribution in [0.1, 0.15) is 35.8 Å². The molecule has 1 unspecified atom stereocenters. The van der Waals surface area contributed by atoms with Gasteiger partial charge >= 0.3 is 6.09 Å². The van der Waals surface area contributed by atoms with E-state index in [1.807, 2.05) is 16.8 Å². The van der Waals surface area contributed by atoms with Crippen LogP contribution in [0.25, 0.3) is 0 Å². The first kappa shape index (κ1) is 22.5. The van der Waals surface area contributed by atoms with E-state index in [1.165, 1.54) is 6.07 Å². The highest BCUT2D eigenvalue weighted by Gasteiger charge is 2.50. The van der Waals surface area contributed by atoms with Crippen molar-refractivity contribution in [3.8, 4) is 0 Å². The largest absolute Gasteiger partial charge is 0.465 e. The van der Waals surface area contributed by atoms with E-state index in [2.05, 4.69) is 15.6 Å². The number of benzene rings is 1. The Hall–Kier alpha value is -3.73. The lowest BCUT2D eigenvalue weighted by atomic mass is 9.88. The van der Waals surface area contributed by atoms with E-state index >= 15 is 0 Å². The molecule has 3 heterocycles. The number of carbonyl (C=O) groups excluding carboxylic acids is 2. The number of rotatable bonds is 5. The summed E-state index contributed by atoms with van der Waals surface area (Å²) in [7, 11) is 1.91. The predicted octanol–water partition coefficient (Wildman–Crippen LogP) is 2.18. The fourth-order valence-electron chi connectivity index (χ4n) is 4.64. The average Bonchev–Trinajstić information content (AvgIpc) is 3.04. The lowest BCUT2D eigenvalue weighted by Gasteiger charge is -2.45. The minimum atomic E-state index is -1.35. The van der Waals surface area contributed by atoms with E-state index in [0.29, 0.717) is 18.7 Å². The number of amides is 3. The maximum Gasteiger partial charge on any atom is 0.409 e. The second kappa shape index (κ2) is 8.32. The third-order valence-corrected chi connectivity index (χ3v) is 6.53. The van der Waals surface area contributed by atoms with Crippen molar-refractivity contribution in [2.75, 3.05) is 35.7 Å². The molecule has 2 aromatic rings. The normalized spacial score (nSPS) is 22.4. The van der Waals surface area contributed by atoms with Gasteiger partial charge in [0.05, 0.1) is 23.3 Å². The second-order valence-corrected chi connectivity index (χ2v) is 8.45. The van der Waals surface area contributed by atoms with Crippen LogP contribution in [0.2, 0.25) is 0 Å². The molecule has 33 heavy (non-hydrogen) atoms. The summed E-state index contributed by atoms with van der Waals surface area (Å²) in [6.07, 6.45) is 1.90. The van der Waals surface area contributed by atoms with E-state index in [0.717, 1.165) is 24.6 Å². The minimum Gasteiger partial charge on any atom is -0.465 e. The molecular weight excluding hydrogens is 431 g/mol. The predicted molar refractivity (Wildman–Crippen MR) is 120 cm³/mol. The van der Waals surface area contributed by atoms with Gasteiger partial charge in [0.25, 0.3) is 5.91 Å². The average molecular weight is 456 g/mol. The highest BCUT2D eigenvalue weighted by atomic mass is 19.1. The van der Waals surface area contributed by atoms with Crippen molar-refractivity contribution in [2.24, 2.45) is 5.73 Å². The molecule has 0 radical (unpaired) electrons.